The monoisotopic (exact) mass is 613 g/mol. The fourth-order valence-corrected chi connectivity index (χ4v) is 5.24. The summed E-state index contributed by atoms with van der Waals surface area (Å²) in [5, 5.41) is 2.75. The molecule has 1 aliphatic heterocycles. The average Bonchev–Trinajstić information content (AvgIpc) is 2.92. The van der Waals surface area contributed by atoms with E-state index in [1.807, 2.05) is 0 Å². The number of esters is 4. The summed E-state index contributed by atoms with van der Waals surface area (Å²) < 4.78 is 27.0. The predicted molar refractivity (Wildman–Crippen MR) is 160 cm³/mol. The minimum Gasteiger partial charge on any atom is -0.463 e. The topological polar surface area (TPSA) is 144 Å². The second-order valence-electron chi connectivity index (χ2n) is 11.4. The van der Waals surface area contributed by atoms with Gasteiger partial charge in [0, 0.05) is 34.1 Å². The summed E-state index contributed by atoms with van der Waals surface area (Å²) >= 11 is 0. The van der Waals surface area contributed by atoms with E-state index in [-0.39, 0.29) is 18.9 Å². The number of hydrogen-bond acceptors (Lipinski definition) is 10. The molecular weight excluding hydrogens is 558 g/mol. The lowest BCUT2D eigenvalue weighted by molar-refractivity contribution is -0.271. The summed E-state index contributed by atoms with van der Waals surface area (Å²) in [6, 6.07) is -1.16. The van der Waals surface area contributed by atoms with Gasteiger partial charge in [-0.15, -0.1) is 0 Å². The molecule has 1 fully saturated rings. The van der Waals surface area contributed by atoms with Crippen LogP contribution in [0.4, 0.5) is 0 Å². The first-order valence-corrected chi connectivity index (χ1v) is 16.1. The highest BCUT2D eigenvalue weighted by molar-refractivity contribution is 5.76. The second kappa shape index (κ2) is 22.8. The van der Waals surface area contributed by atoms with Crippen molar-refractivity contribution >= 4 is 29.8 Å². The molecule has 11 heteroatoms. The van der Waals surface area contributed by atoms with Gasteiger partial charge >= 0.3 is 23.9 Å². The number of ether oxygens (including phenoxy) is 5. The highest BCUT2D eigenvalue weighted by atomic mass is 16.7. The predicted octanol–water partition coefficient (Wildman–Crippen LogP) is 5.45. The molecule has 1 N–H and O–H groups in total. The average molecular weight is 614 g/mol. The molecule has 1 saturated heterocycles. The zero-order chi connectivity index (χ0) is 32.0. The summed E-state index contributed by atoms with van der Waals surface area (Å²) in [6.07, 6.45) is 13.4. The molecular formula is C32H55NO10. The van der Waals surface area contributed by atoms with E-state index in [0.29, 0.717) is 6.42 Å². The Morgan fingerprint density at radius 2 is 1.02 bits per heavy atom. The largest absolute Gasteiger partial charge is 0.463 e. The van der Waals surface area contributed by atoms with Gasteiger partial charge in [0.05, 0.1) is 0 Å². The molecule has 0 saturated carbocycles. The fraction of sp³-hybridized carbons (Fsp3) is 0.844. The molecule has 5 atom stereocenters. The minimum absolute atomic E-state index is 0.212. The van der Waals surface area contributed by atoms with E-state index in [2.05, 4.69) is 12.2 Å². The molecule has 0 aromatic heterocycles. The van der Waals surface area contributed by atoms with Gasteiger partial charge in [0.2, 0.25) is 12.2 Å². The van der Waals surface area contributed by atoms with Crippen molar-refractivity contribution in [3.63, 3.8) is 0 Å². The molecule has 1 rings (SSSR count). The number of carbonyl (C=O) groups excluding carboxylic acids is 5. The standard InChI is InChI=1S/C32H55NO10/c1-6-7-8-9-10-11-12-13-14-15-16-17-18-19-20-21-28(38)33-29-31(41-25(4)36)30(40-24(3)35)27(22-39-23(2)34)43-32(29)42-26(5)37/h27,29-32H,6-22H2,1-5H3,(H,33,38)/t27-,29+,30+,31+,32-/m1/s1. The maximum absolute atomic E-state index is 12.9. The van der Waals surface area contributed by atoms with Gasteiger partial charge in [-0.2, -0.15) is 0 Å². The van der Waals surface area contributed by atoms with Gasteiger partial charge in [-0.3, -0.25) is 24.0 Å². The van der Waals surface area contributed by atoms with Crippen LogP contribution in [0, 0.1) is 0 Å². The molecule has 43 heavy (non-hydrogen) atoms. The third-order valence-corrected chi connectivity index (χ3v) is 7.32. The van der Waals surface area contributed by atoms with E-state index >= 15 is 0 Å². The lowest BCUT2D eigenvalue weighted by atomic mass is 9.95. The zero-order valence-electron chi connectivity index (χ0n) is 27.0. The van der Waals surface area contributed by atoms with E-state index in [1.165, 1.54) is 77.6 Å². The number of unbranched alkanes of at least 4 members (excludes halogenated alkanes) is 14. The Morgan fingerprint density at radius 1 is 0.581 bits per heavy atom. The number of nitrogens with one attached hydrogen (secondary N) is 1. The molecule has 1 amide bonds. The third kappa shape index (κ3) is 17.9. The number of hydrogen-bond donors (Lipinski definition) is 1. The van der Waals surface area contributed by atoms with Crippen molar-refractivity contribution in [3.05, 3.63) is 0 Å². The Kier molecular flexibility index (Phi) is 20.3. The van der Waals surface area contributed by atoms with Crippen molar-refractivity contribution in [2.75, 3.05) is 6.61 Å². The Hall–Kier alpha value is -2.69. The van der Waals surface area contributed by atoms with E-state index in [0.717, 1.165) is 40.0 Å². The molecule has 0 radical (unpaired) electrons. The maximum atomic E-state index is 12.9. The van der Waals surface area contributed by atoms with Gasteiger partial charge in [0.15, 0.2) is 12.2 Å². The number of amides is 1. The van der Waals surface area contributed by atoms with Crippen LogP contribution in [-0.2, 0) is 47.7 Å². The van der Waals surface area contributed by atoms with Crippen LogP contribution in [0.3, 0.4) is 0 Å². The van der Waals surface area contributed by atoms with Crippen molar-refractivity contribution in [2.24, 2.45) is 0 Å². The first-order valence-electron chi connectivity index (χ1n) is 16.1. The molecule has 11 nitrogen and oxygen atoms in total. The van der Waals surface area contributed by atoms with Crippen LogP contribution in [0.1, 0.15) is 137 Å². The van der Waals surface area contributed by atoms with Gasteiger partial charge in [-0.25, -0.2) is 0 Å². The highest BCUT2D eigenvalue weighted by Crippen LogP contribution is 2.28. The molecule has 248 valence electrons. The van der Waals surface area contributed by atoms with E-state index in [1.54, 1.807) is 0 Å². The normalized spacial score (nSPS) is 21.5. The van der Waals surface area contributed by atoms with Gasteiger partial charge in [-0.05, 0) is 6.42 Å². The summed E-state index contributed by atoms with van der Waals surface area (Å²) in [4.78, 5) is 60.0. The SMILES string of the molecule is CCCCCCCCCCCCCCCCCC(=O)N[C@@H]1[C@H](OC(C)=O)O[C@H](COC(C)=O)[C@H](OC(C)=O)[C@H]1OC(C)=O. The first kappa shape index (κ1) is 38.3. The second-order valence-corrected chi connectivity index (χ2v) is 11.4. The van der Waals surface area contributed by atoms with E-state index < -0.39 is 54.5 Å². The molecule has 0 aliphatic carbocycles. The van der Waals surface area contributed by atoms with Crippen LogP contribution in [0.5, 0.6) is 0 Å². The third-order valence-electron chi connectivity index (χ3n) is 7.32. The van der Waals surface area contributed by atoms with Crippen molar-refractivity contribution in [3.8, 4) is 0 Å². The van der Waals surface area contributed by atoms with Crippen LogP contribution in [-0.4, -0.2) is 67.0 Å². The minimum atomic E-state index is -1.38. The summed E-state index contributed by atoms with van der Waals surface area (Å²) in [7, 11) is 0. The Bertz CT molecular complexity index is 848. The molecule has 0 aromatic carbocycles. The lowest BCUT2D eigenvalue weighted by Crippen LogP contribution is -2.67. The van der Waals surface area contributed by atoms with Crippen LogP contribution in [0.2, 0.25) is 0 Å². The van der Waals surface area contributed by atoms with Gasteiger partial charge < -0.3 is 29.0 Å². The van der Waals surface area contributed by atoms with Crippen LogP contribution in [0.25, 0.3) is 0 Å². The Labute approximate surface area is 257 Å². The van der Waals surface area contributed by atoms with Crippen molar-refractivity contribution in [1.29, 1.82) is 0 Å². The molecule has 0 aromatic rings. The van der Waals surface area contributed by atoms with Crippen molar-refractivity contribution < 1.29 is 47.7 Å². The Morgan fingerprint density at radius 3 is 1.47 bits per heavy atom. The lowest BCUT2D eigenvalue weighted by Gasteiger charge is -2.44. The van der Waals surface area contributed by atoms with Crippen LogP contribution in [0.15, 0.2) is 0 Å². The number of carbonyl (C=O) groups is 5. The molecule has 0 unspecified atom stereocenters. The maximum Gasteiger partial charge on any atom is 0.305 e. The number of rotatable bonds is 22. The van der Waals surface area contributed by atoms with E-state index in [9.17, 15) is 24.0 Å². The van der Waals surface area contributed by atoms with Crippen molar-refractivity contribution in [1.82, 2.24) is 5.32 Å². The summed E-state index contributed by atoms with van der Waals surface area (Å²) in [5.74, 6) is -3.08. The van der Waals surface area contributed by atoms with Gasteiger partial charge in [-0.1, -0.05) is 96.8 Å². The van der Waals surface area contributed by atoms with Crippen LogP contribution >= 0.6 is 0 Å². The van der Waals surface area contributed by atoms with Crippen molar-refractivity contribution in [2.45, 2.75) is 168 Å². The Balaban J connectivity index is 2.57. The molecule has 0 bridgehead atoms. The quantitative estimate of drug-likeness (QED) is 0.0951. The first-order chi connectivity index (χ1) is 20.5. The fourth-order valence-electron chi connectivity index (χ4n) is 5.24. The zero-order valence-corrected chi connectivity index (χ0v) is 27.0. The molecule has 1 aliphatic rings. The van der Waals surface area contributed by atoms with E-state index in [4.69, 9.17) is 23.7 Å². The summed E-state index contributed by atoms with van der Waals surface area (Å²) in [6.45, 7) is 6.57. The van der Waals surface area contributed by atoms with Gasteiger partial charge in [0.25, 0.3) is 0 Å². The molecule has 0 spiro atoms. The highest BCUT2D eigenvalue weighted by Gasteiger charge is 2.52. The van der Waals surface area contributed by atoms with Gasteiger partial charge in [0.1, 0.15) is 18.8 Å². The van der Waals surface area contributed by atoms with Crippen LogP contribution < -0.4 is 5.32 Å². The molecule has 1 heterocycles. The summed E-state index contributed by atoms with van der Waals surface area (Å²) in [5.41, 5.74) is 0. The smallest absolute Gasteiger partial charge is 0.305 e.